The van der Waals surface area contributed by atoms with Crippen molar-refractivity contribution in [2.75, 3.05) is 7.11 Å². The van der Waals surface area contributed by atoms with E-state index in [0.717, 1.165) is 5.57 Å². The molecular formula is C34H40O9. The molecule has 1 spiro atoms. The molecular weight excluding hydrogens is 552 g/mol. The molecule has 4 bridgehead atoms. The van der Waals surface area contributed by atoms with Gasteiger partial charge in [0.1, 0.15) is 28.4 Å². The minimum Gasteiger partial charge on any atom is -0.506 e. The van der Waals surface area contributed by atoms with Crippen LogP contribution in [0.15, 0.2) is 29.4 Å². The van der Waals surface area contributed by atoms with E-state index in [0.29, 0.717) is 29.7 Å². The number of aliphatic carboxylic acids is 1. The first-order chi connectivity index (χ1) is 20.0. The Hall–Kier alpha value is -3.43. The summed E-state index contributed by atoms with van der Waals surface area (Å²) in [5.74, 6) is -3.41. The number of rotatable bonds is 6. The Morgan fingerprint density at radius 3 is 2.42 bits per heavy atom. The summed E-state index contributed by atoms with van der Waals surface area (Å²) in [5, 5.41) is 21.3. The third-order valence-corrected chi connectivity index (χ3v) is 10.2. The molecule has 4 fully saturated rings. The van der Waals surface area contributed by atoms with Crippen LogP contribution < -0.4 is 9.47 Å². The molecule has 1 unspecified atom stereocenters. The number of carbonyl (C=O) groups is 3. The number of carbonyl (C=O) groups excluding carboxylic acids is 2. The van der Waals surface area contributed by atoms with Crippen molar-refractivity contribution in [1.82, 2.24) is 0 Å². The highest BCUT2D eigenvalue weighted by Crippen LogP contribution is 2.70. The fourth-order valence-corrected chi connectivity index (χ4v) is 8.31. The molecule has 1 saturated heterocycles. The summed E-state index contributed by atoms with van der Waals surface area (Å²) in [6.45, 7) is 13.0. The lowest BCUT2D eigenvalue weighted by atomic mass is 9.45. The van der Waals surface area contributed by atoms with Crippen LogP contribution in [-0.2, 0) is 25.5 Å². The Morgan fingerprint density at radius 1 is 1.09 bits per heavy atom. The van der Waals surface area contributed by atoms with Crippen LogP contribution in [-0.4, -0.2) is 63.4 Å². The Bertz CT molecular complexity index is 1560. The second-order valence-electron chi connectivity index (χ2n) is 13.9. The fraction of sp³-hybridized carbons (Fsp3) is 0.559. The largest absolute Gasteiger partial charge is 0.506 e. The first-order valence-electron chi connectivity index (χ1n) is 14.9. The smallest absolute Gasteiger partial charge is 0.330 e. The van der Waals surface area contributed by atoms with E-state index in [2.05, 4.69) is 0 Å². The molecule has 0 aromatic heterocycles. The van der Waals surface area contributed by atoms with Gasteiger partial charge < -0.3 is 29.2 Å². The summed E-state index contributed by atoms with van der Waals surface area (Å²) in [6.07, 6.45) is 6.97. The lowest BCUT2D eigenvalue weighted by Crippen LogP contribution is -2.80. The molecule has 1 aromatic carbocycles. The molecule has 6 atom stereocenters. The quantitative estimate of drug-likeness (QED) is 0.338. The normalized spacial score (nSPS) is 34.1. The number of fused-ring (bicyclic) bond motifs is 2. The van der Waals surface area contributed by atoms with Gasteiger partial charge in [-0.1, -0.05) is 17.7 Å². The summed E-state index contributed by atoms with van der Waals surface area (Å²) in [7, 11) is 1.48. The van der Waals surface area contributed by atoms with Gasteiger partial charge in [0.05, 0.1) is 23.2 Å². The van der Waals surface area contributed by atoms with Gasteiger partial charge in [-0.05, 0) is 73.5 Å². The van der Waals surface area contributed by atoms with Crippen molar-refractivity contribution < 1.29 is 43.5 Å². The lowest BCUT2D eigenvalue weighted by molar-refractivity contribution is -0.224. The molecule has 2 N–H and O–H groups in total. The molecule has 0 amide bonds. The number of hydrogen-bond donors (Lipinski definition) is 2. The number of benzene rings is 1. The van der Waals surface area contributed by atoms with Crippen molar-refractivity contribution in [3.63, 3.8) is 0 Å². The topological polar surface area (TPSA) is 129 Å². The highest BCUT2D eigenvalue weighted by Gasteiger charge is 2.85. The molecule has 9 heteroatoms. The Balaban J connectivity index is 1.68. The van der Waals surface area contributed by atoms with Crippen LogP contribution in [0, 0.1) is 17.8 Å². The number of hydrogen-bond acceptors (Lipinski definition) is 8. The van der Waals surface area contributed by atoms with Crippen LogP contribution in [0.1, 0.15) is 82.8 Å². The maximum atomic E-state index is 14.9. The number of phenolic OH excluding ortho intramolecular Hbond substituents is 1. The molecule has 7 rings (SSSR count). The summed E-state index contributed by atoms with van der Waals surface area (Å²) in [4.78, 5) is 41.2. The van der Waals surface area contributed by atoms with Gasteiger partial charge in [0, 0.05) is 36.5 Å². The molecule has 6 aliphatic rings. The number of phenols is 1. The molecule has 3 aliphatic carbocycles. The van der Waals surface area contributed by atoms with Crippen LogP contribution in [0.5, 0.6) is 17.2 Å². The minimum atomic E-state index is -1.65. The van der Waals surface area contributed by atoms with Crippen LogP contribution in [0.4, 0.5) is 0 Å². The zero-order valence-electron chi connectivity index (χ0n) is 26.0. The van der Waals surface area contributed by atoms with Gasteiger partial charge in [-0.3, -0.25) is 9.59 Å². The monoisotopic (exact) mass is 592 g/mol. The molecule has 3 saturated carbocycles. The molecule has 3 heterocycles. The summed E-state index contributed by atoms with van der Waals surface area (Å²) in [5.41, 5.74) is -2.57. The van der Waals surface area contributed by atoms with Crippen molar-refractivity contribution in [2.45, 2.75) is 96.2 Å². The molecule has 0 radical (unpaired) electrons. The minimum absolute atomic E-state index is 0.0474. The first-order valence-corrected chi connectivity index (χ1v) is 14.9. The Kier molecular flexibility index (Phi) is 6.40. The number of aromatic hydroxyl groups is 1. The zero-order chi connectivity index (χ0) is 31.4. The van der Waals surface area contributed by atoms with Crippen LogP contribution in [0.25, 0.3) is 6.08 Å². The second-order valence-corrected chi connectivity index (χ2v) is 13.9. The van der Waals surface area contributed by atoms with Crippen molar-refractivity contribution in [3.8, 4) is 17.2 Å². The predicted octanol–water partition coefficient (Wildman–Crippen LogP) is 5.22. The van der Waals surface area contributed by atoms with Gasteiger partial charge in [-0.25, -0.2) is 4.79 Å². The number of carboxylic acid groups (broad SMARTS) is 1. The van der Waals surface area contributed by atoms with E-state index >= 15 is 0 Å². The molecule has 9 nitrogen and oxygen atoms in total. The third kappa shape index (κ3) is 3.80. The van der Waals surface area contributed by atoms with E-state index in [9.17, 15) is 24.6 Å². The summed E-state index contributed by atoms with van der Waals surface area (Å²) in [6, 6.07) is 0. The van der Waals surface area contributed by atoms with E-state index in [1.807, 2.05) is 53.7 Å². The van der Waals surface area contributed by atoms with E-state index in [-0.39, 0.29) is 40.6 Å². The van der Waals surface area contributed by atoms with E-state index in [1.54, 1.807) is 6.08 Å². The van der Waals surface area contributed by atoms with Crippen LogP contribution in [0.2, 0.25) is 0 Å². The SMILES string of the molecule is COC1[C@@H]2C[C@H]3C(C)(C)O[C@@](C/C=C(/C)C(=O)O)(C2=O)[C@]32Oc3c(CC=C(C)C)c4c(c(O)c3C(=O)[C@H]12)C=CC(C)(C)O4. The predicted molar refractivity (Wildman–Crippen MR) is 157 cm³/mol. The summed E-state index contributed by atoms with van der Waals surface area (Å²) >= 11 is 0. The standard InChI is InChI=1S/C34H40O9/c1-16(2)9-10-19-26-18(12-13-31(4,5)41-26)24(35)22-25(36)23-28(40-8)20-15-21-32(6,7)43-33(29(20)37,14-11-17(3)30(38)39)34(21,23)42-27(19)22/h9,11-13,20-21,23,28,35H,10,14-15H2,1-8H3,(H,38,39)/b17-11-/t20-,21-,23+,28?,33-,34-/m0/s1. The van der Waals surface area contributed by atoms with Gasteiger partial charge in [0.2, 0.25) is 0 Å². The van der Waals surface area contributed by atoms with Crippen molar-refractivity contribution in [3.05, 3.63) is 46.1 Å². The maximum absolute atomic E-state index is 14.9. The molecule has 1 aromatic rings. The van der Waals surface area contributed by atoms with E-state index in [1.165, 1.54) is 20.1 Å². The van der Waals surface area contributed by atoms with Crippen LogP contribution in [0.3, 0.4) is 0 Å². The first kappa shape index (κ1) is 29.6. The lowest BCUT2D eigenvalue weighted by Gasteiger charge is -2.62. The van der Waals surface area contributed by atoms with Gasteiger partial charge in [-0.15, -0.1) is 0 Å². The third-order valence-electron chi connectivity index (χ3n) is 10.2. The molecule has 43 heavy (non-hydrogen) atoms. The Morgan fingerprint density at radius 2 is 1.79 bits per heavy atom. The van der Waals surface area contributed by atoms with Crippen molar-refractivity contribution in [2.24, 2.45) is 17.8 Å². The number of methoxy groups -OCH3 is 1. The van der Waals surface area contributed by atoms with Gasteiger partial charge in [0.15, 0.2) is 22.8 Å². The highest BCUT2D eigenvalue weighted by molar-refractivity contribution is 6.10. The van der Waals surface area contributed by atoms with Gasteiger partial charge in [-0.2, -0.15) is 0 Å². The van der Waals surface area contributed by atoms with Gasteiger partial charge >= 0.3 is 5.97 Å². The number of Topliss-reactive ketones (excluding diaryl/α,β-unsaturated/α-hetero) is 2. The highest BCUT2D eigenvalue weighted by atomic mass is 16.6. The average Bonchev–Trinajstić information content (AvgIpc) is 3.06. The molecule has 230 valence electrons. The maximum Gasteiger partial charge on any atom is 0.330 e. The van der Waals surface area contributed by atoms with Crippen molar-refractivity contribution >= 4 is 23.6 Å². The number of ketones is 2. The van der Waals surface area contributed by atoms with E-state index < -0.39 is 52.2 Å². The fourth-order valence-electron chi connectivity index (χ4n) is 8.31. The van der Waals surface area contributed by atoms with Gasteiger partial charge in [0.25, 0.3) is 0 Å². The summed E-state index contributed by atoms with van der Waals surface area (Å²) < 4.78 is 26.2. The second kappa shape index (κ2) is 9.29. The number of carboxylic acids is 1. The zero-order valence-corrected chi connectivity index (χ0v) is 26.0. The molecule has 3 aliphatic heterocycles. The van der Waals surface area contributed by atoms with E-state index in [4.69, 9.17) is 18.9 Å². The average molecular weight is 593 g/mol. The number of allylic oxidation sites excluding steroid dienone is 2. The Labute approximate surface area is 251 Å². The van der Waals surface area contributed by atoms with Crippen LogP contribution >= 0.6 is 0 Å². The number of ether oxygens (including phenoxy) is 4. The van der Waals surface area contributed by atoms with Crippen molar-refractivity contribution in [1.29, 1.82) is 0 Å².